The molecule has 0 bridgehead atoms. The normalized spacial score (nSPS) is 16.5. The molecule has 0 fully saturated rings. The van der Waals surface area contributed by atoms with Crippen molar-refractivity contribution >= 4 is 22.6 Å². The second-order valence-corrected chi connectivity index (χ2v) is 5.10. The molecule has 0 amide bonds. The Morgan fingerprint density at radius 2 is 2.00 bits per heavy atom. The van der Waals surface area contributed by atoms with Gasteiger partial charge in [-0.3, -0.25) is 0 Å². The van der Waals surface area contributed by atoms with E-state index in [1.807, 2.05) is 12.1 Å². The Morgan fingerprint density at radius 1 is 1.18 bits per heavy atom. The van der Waals surface area contributed by atoms with E-state index in [4.69, 9.17) is 11.6 Å². The lowest BCUT2D eigenvalue weighted by Gasteiger charge is -2.09. The standard InChI is InChI=1S/C13H15ClN2O/c14-10-6-7-11-12(9-10)15-8-4-2-1-3-5-13(15)16(11)17/h6-7,9H,1-5,8H2. The summed E-state index contributed by atoms with van der Waals surface area (Å²) in [6, 6.07) is 5.50. The van der Waals surface area contributed by atoms with Crippen molar-refractivity contribution in [3.63, 3.8) is 0 Å². The summed E-state index contributed by atoms with van der Waals surface area (Å²) in [5.74, 6) is 0.891. The molecule has 1 aromatic heterocycles. The lowest BCUT2D eigenvalue weighted by Crippen LogP contribution is -2.31. The minimum absolute atomic E-state index is 0.695. The highest BCUT2D eigenvalue weighted by Crippen LogP contribution is 2.22. The summed E-state index contributed by atoms with van der Waals surface area (Å²) < 4.78 is 3.23. The van der Waals surface area contributed by atoms with Gasteiger partial charge >= 0.3 is 0 Å². The minimum Gasteiger partial charge on any atom is -0.710 e. The van der Waals surface area contributed by atoms with Gasteiger partial charge in [0.15, 0.2) is 11.0 Å². The van der Waals surface area contributed by atoms with Crippen LogP contribution in [0.25, 0.3) is 11.0 Å². The van der Waals surface area contributed by atoms with Crippen LogP contribution in [0.1, 0.15) is 31.5 Å². The van der Waals surface area contributed by atoms with Gasteiger partial charge < -0.3 is 5.21 Å². The van der Waals surface area contributed by atoms with E-state index >= 15 is 0 Å². The van der Waals surface area contributed by atoms with Crippen LogP contribution in [-0.4, -0.2) is 4.57 Å². The molecule has 0 atom stereocenters. The number of benzene rings is 1. The van der Waals surface area contributed by atoms with Gasteiger partial charge in [0.05, 0.1) is 6.54 Å². The van der Waals surface area contributed by atoms with Crippen molar-refractivity contribution in [1.82, 2.24) is 4.57 Å². The zero-order chi connectivity index (χ0) is 11.8. The Kier molecular flexibility index (Phi) is 2.71. The van der Waals surface area contributed by atoms with Gasteiger partial charge in [-0.05, 0) is 31.4 Å². The summed E-state index contributed by atoms with van der Waals surface area (Å²) in [5, 5.41) is 12.9. The molecule has 0 N–H and O–H groups in total. The van der Waals surface area contributed by atoms with Crippen molar-refractivity contribution in [3.05, 3.63) is 34.3 Å². The summed E-state index contributed by atoms with van der Waals surface area (Å²) in [6.07, 6.45) is 5.59. The molecule has 0 saturated heterocycles. The molecular weight excluding hydrogens is 236 g/mol. The van der Waals surface area contributed by atoms with E-state index in [0.29, 0.717) is 5.02 Å². The molecule has 3 rings (SSSR count). The maximum atomic E-state index is 12.2. The number of rotatable bonds is 0. The summed E-state index contributed by atoms with van der Waals surface area (Å²) in [6.45, 7) is 0.932. The van der Waals surface area contributed by atoms with Crippen LogP contribution in [-0.2, 0) is 13.0 Å². The van der Waals surface area contributed by atoms with E-state index in [1.54, 1.807) is 6.07 Å². The molecule has 4 heteroatoms. The highest BCUT2D eigenvalue weighted by molar-refractivity contribution is 6.31. The Balaban J connectivity index is 2.25. The van der Waals surface area contributed by atoms with Crippen LogP contribution in [0.3, 0.4) is 0 Å². The van der Waals surface area contributed by atoms with Gasteiger partial charge in [0, 0.05) is 17.5 Å². The number of imidazole rings is 1. The minimum atomic E-state index is 0.695. The number of hydrogen-bond donors (Lipinski definition) is 0. The number of fused-ring (bicyclic) bond motifs is 3. The average Bonchev–Trinajstić information content (AvgIpc) is 2.50. The van der Waals surface area contributed by atoms with Crippen LogP contribution in [0.4, 0.5) is 0 Å². The van der Waals surface area contributed by atoms with Gasteiger partial charge in [-0.15, -0.1) is 0 Å². The predicted octanol–water partition coefficient (Wildman–Crippen LogP) is 3.04. The molecule has 2 aromatic rings. The molecule has 1 aliphatic rings. The number of aromatic nitrogens is 2. The van der Waals surface area contributed by atoms with Gasteiger partial charge in [0.25, 0.3) is 5.82 Å². The van der Waals surface area contributed by atoms with Crippen molar-refractivity contribution in [3.8, 4) is 0 Å². The third-order valence-corrected chi connectivity index (χ3v) is 3.76. The maximum absolute atomic E-state index is 12.2. The third-order valence-electron chi connectivity index (χ3n) is 3.53. The fourth-order valence-electron chi connectivity index (χ4n) is 2.66. The van der Waals surface area contributed by atoms with E-state index in [1.165, 1.54) is 12.8 Å². The van der Waals surface area contributed by atoms with Crippen LogP contribution in [0, 0.1) is 5.21 Å². The fraction of sp³-hybridized carbons (Fsp3) is 0.462. The first kappa shape index (κ1) is 10.9. The average molecular weight is 251 g/mol. The summed E-state index contributed by atoms with van der Waals surface area (Å²) in [5.41, 5.74) is 1.72. The molecule has 1 aliphatic heterocycles. The Morgan fingerprint density at radius 3 is 2.88 bits per heavy atom. The largest absolute Gasteiger partial charge is 0.710 e. The molecule has 2 heterocycles. The number of nitrogens with zero attached hydrogens (tertiary/aromatic N) is 2. The molecule has 1 aromatic carbocycles. The Labute approximate surface area is 105 Å². The lowest BCUT2D eigenvalue weighted by atomic mass is 10.1. The van der Waals surface area contributed by atoms with Gasteiger partial charge in [0.1, 0.15) is 0 Å². The molecule has 0 saturated carbocycles. The van der Waals surface area contributed by atoms with Gasteiger partial charge in [0.2, 0.25) is 0 Å². The molecule has 0 aliphatic carbocycles. The van der Waals surface area contributed by atoms with E-state index in [9.17, 15) is 5.21 Å². The monoisotopic (exact) mass is 250 g/mol. The number of halogens is 1. The lowest BCUT2D eigenvalue weighted by molar-refractivity contribution is -0.587. The van der Waals surface area contributed by atoms with Crippen LogP contribution in [0.15, 0.2) is 18.2 Å². The molecule has 0 unspecified atom stereocenters. The summed E-state index contributed by atoms with van der Waals surface area (Å²) in [7, 11) is 0. The van der Waals surface area contributed by atoms with Crippen molar-refractivity contribution in [1.29, 1.82) is 0 Å². The molecule has 0 spiro atoms. The van der Waals surface area contributed by atoms with Gasteiger partial charge in [-0.25, -0.2) is 9.30 Å². The topological polar surface area (TPSA) is 31.9 Å². The van der Waals surface area contributed by atoms with Crippen LogP contribution in [0.5, 0.6) is 0 Å². The molecule has 0 radical (unpaired) electrons. The van der Waals surface area contributed by atoms with Crippen LogP contribution < -0.4 is 4.73 Å². The SMILES string of the molecule is [O-][n+]1c2n(c3cc(Cl)ccc31)CCCCCC2. The first-order chi connectivity index (χ1) is 8.27. The van der Waals surface area contributed by atoms with Crippen molar-refractivity contribution in [2.45, 2.75) is 38.6 Å². The van der Waals surface area contributed by atoms with E-state index in [0.717, 1.165) is 47.4 Å². The highest BCUT2D eigenvalue weighted by atomic mass is 35.5. The summed E-state index contributed by atoms with van der Waals surface area (Å²) in [4.78, 5) is 0. The number of aryl methyl sites for hydroxylation is 1. The molecule has 90 valence electrons. The van der Waals surface area contributed by atoms with Crippen LogP contribution >= 0.6 is 11.6 Å². The number of hydrogen-bond acceptors (Lipinski definition) is 1. The second kappa shape index (κ2) is 4.22. The van der Waals surface area contributed by atoms with E-state index in [2.05, 4.69) is 4.57 Å². The smallest absolute Gasteiger partial charge is 0.260 e. The highest BCUT2D eigenvalue weighted by Gasteiger charge is 2.22. The third kappa shape index (κ3) is 1.78. The molecule has 17 heavy (non-hydrogen) atoms. The van der Waals surface area contributed by atoms with Gasteiger partial charge in [-0.2, -0.15) is 0 Å². The fourth-order valence-corrected chi connectivity index (χ4v) is 2.83. The van der Waals surface area contributed by atoms with Crippen molar-refractivity contribution in [2.75, 3.05) is 0 Å². The van der Waals surface area contributed by atoms with Gasteiger partial charge in [-0.1, -0.05) is 18.0 Å². The van der Waals surface area contributed by atoms with E-state index in [-0.39, 0.29) is 0 Å². The second-order valence-electron chi connectivity index (χ2n) is 4.66. The zero-order valence-corrected chi connectivity index (χ0v) is 10.4. The predicted molar refractivity (Wildman–Crippen MR) is 68.1 cm³/mol. The quantitative estimate of drug-likeness (QED) is 0.522. The van der Waals surface area contributed by atoms with Crippen molar-refractivity contribution < 1.29 is 4.73 Å². The van der Waals surface area contributed by atoms with Crippen molar-refractivity contribution in [2.24, 2.45) is 0 Å². The Hall–Kier alpha value is -1.22. The first-order valence-corrected chi connectivity index (χ1v) is 6.55. The summed E-state index contributed by atoms with van der Waals surface area (Å²) >= 11 is 6.02. The van der Waals surface area contributed by atoms with Crippen LogP contribution in [0.2, 0.25) is 5.02 Å². The maximum Gasteiger partial charge on any atom is 0.260 e. The molecule has 3 nitrogen and oxygen atoms in total. The Bertz CT molecular complexity index is 562. The first-order valence-electron chi connectivity index (χ1n) is 6.17. The van der Waals surface area contributed by atoms with E-state index < -0.39 is 0 Å². The zero-order valence-electron chi connectivity index (χ0n) is 9.66. The molecular formula is C13H15ClN2O.